The number of carboxylic acids is 1. The molecule has 31 heavy (non-hydrogen) atoms. The molecule has 4 N–H and O–H groups in total. The van der Waals surface area contributed by atoms with E-state index in [4.69, 9.17) is 0 Å². The highest BCUT2D eigenvalue weighted by Crippen LogP contribution is 2.40. The van der Waals surface area contributed by atoms with Crippen LogP contribution < -0.4 is 5.32 Å². The number of aliphatic carboxylic acids is 1. The molecule has 0 fully saturated rings. The summed E-state index contributed by atoms with van der Waals surface area (Å²) in [5, 5.41) is 32.1. The normalized spacial score (nSPS) is 13.2. The van der Waals surface area contributed by atoms with E-state index < -0.39 is 17.9 Å². The fraction of sp³-hybridized carbons (Fsp3) is 0.360. The molecule has 0 saturated carbocycles. The van der Waals surface area contributed by atoms with Crippen molar-refractivity contribution in [2.24, 2.45) is 0 Å². The summed E-state index contributed by atoms with van der Waals surface area (Å²) in [5.74, 6) is -1.51. The maximum absolute atomic E-state index is 12.4. The third-order valence-electron chi connectivity index (χ3n) is 4.94. The first-order valence-electron chi connectivity index (χ1n) is 10.1. The summed E-state index contributed by atoms with van der Waals surface area (Å²) in [7, 11) is 0. The van der Waals surface area contributed by atoms with Crippen molar-refractivity contribution < 1.29 is 24.9 Å². The summed E-state index contributed by atoms with van der Waals surface area (Å²) >= 11 is 0. The van der Waals surface area contributed by atoms with Crippen LogP contribution in [0.3, 0.4) is 0 Å². The highest BCUT2D eigenvalue weighted by molar-refractivity contribution is 5.94. The van der Waals surface area contributed by atoms with Crippen LogP contribution in [0, 0.1) is 0 Å². The highest BCUT2D eigenvalue weighted by Gasteiger charge is 2.26. The van der Waals surface area contributed by atoms with Crippen LogP contribution in [0.1, 0.15) is 69.8 Å². The lowest BCUT2D eigenvalue weighted by Gasteiger charge is -2.27. The summed E-state index contributed by atoms with van der Waals surface area (Å²) in [4.78, 5) is 24.1. The molecular formula is C25H31NO5. The molecule has 2 aromatic rings. The molecule has 2 aromatic carbocycles. The number of phenols is 2. The molecule has 0 aromatic heterocycles. The molecule has 1 unspecified atom stereocenters. The van der Waals surface area contributed by atoms with Crippen molar-refractivity contribution >= 4 is 18.0 Å². The predicted octanol–water partition coefficient (Wildman–Crippen LogP) is 4.65. The third kappa shape index (κ3) is 6.10. The molecule has 0 aliphatic heterocycles. The average Bonchev–Trinajstić information content (AvgIpc) is 2.64. The van der Waals surface area contributed by atoms with Gasteiger partial charge in [-0.3, -0.25) is 4.79 Å². The second-order valence-electron chi connectivity index (χ2n) is 9.67. The van der Waals surface area contributed by atoms with Gasteiger partial charge in [0, 0.05) is 17.2 Å². The number of hydrogen-bond acceptors (Lipinski definition) is 4. The van der Waals surface area contributed by atoms with E-state index >= 15 is 0 Å². The van der Waals surface area contributed by atoms with Crippen molar-refractivity contribution in [2.75, 3.05) is 0 Å². The fourth-order valence-corrected chi connectivity index (χ4v) is 3.21. The molecule has 0 radical (unpaired) electrons. The Kier molecular flexibility index (Phi) is 6.84. The molecule has 0 bridgehead atoms. The largest absolute Gasteiger partial charge is 0.508 e. The van der Waals surface area contributed by atoms with Crippen LogP contribution >= 0.6 is 0 Å². The van der Waals surface area contributed by atoms with Gasteiger partial charge in [0.15, 0.2) is 6.04 Å². The topological polar surface area (TPSA) is 107 Å². The lowest BCUT2D eigenvalue weighted by atomic mass is 9.78. The van der Waals surface area contributed by atoms with E-state index in [0.29, 0.717) is 5.56 Å². The molecule has 0 heterocycles. The number of phenolic OH excluding ortho intramolecular Hbond substituents is 2. The molecule has 1 amide bonds. The van der Waals surface area contributed by atoms with Crippen molar-refractivity contribution in [2.45, 2.75) is 58.4 Å². The minimum absolute atomic E-state index is 0.00995. The van der Waals surface area contributed by atoms with E-state index in [2.05, 4.69) is 5.32 Å². The zero-order valence-corrected chi connectivity index (χ0v) is 18.9. The Balaban J connectivity index is 2.34. The number of carboxylic acid groups (broad SMARTS) is 1. The van der Waals surface area contributed by atoms with Crippen LogP contribution in [0.2, 0.25) is 0 Å². The molecule has 2 rings (SSSR count). The summed E-state index contributed by atoms with van der Waals surface area (Å²) in [6.45, 7) is 12.0. The molecule has 0 spiro atoms. The molecule has 0 aliphatic rings. The monoisotopic (exact) mass is 425 g/mol. The number of rotatable bonds is 5. The average molecular weight is 426 g/mol. The third-order valence-corrected chi connectivity index (χ3v) is 4.94. The van der Waals surface area contributed by atoms with Crippen molar-refractivity contribution in [3.8, 4) is 11.5 Å². The van der Waals surface area contributed by atoms with Gasteiger partial charge in [-0.25, -0.2) is 4.79 Å². The maximum Gasteiger partial charge on any atom is 0.330 e. The first kappa shape index (κ1) is 24.0. The zero-order chi connectivity index (χ0) is 23.6. The predicted molar refractivity (Wildman–Crippen MR) is 121 cm³/mol. The van der Waals surface area contributed by atoms with Gasteiger partial charge >= 0.3 is 5.97 Å². The van der Waals surface area contributed by atoms with Crippen molar-refractivity contribution in [1.29, 1.82) is 0 Å². The first-order valence-corrected chi connectivity index (χ1v) is 10.1. The quantitative estimate of drug-likeness (QED) is 0.522. The molecule has 6 nitrogen and oxygen atoms in total. The van der Waals surface area contributed by atoms with Gasteiger partial charge in [-0.05, 0) is 52.3 Å². The summed E-state index contributed by atoms with van der Waals surface area (Å²) in [6.07, 6.45) is 2.89. The van der Waals surface area contributed by atoms with Crippen LogP contribution in [0.5, 0.6) is 11.5 Å². The Bertz CT molecular complexity index is 957. The fourth-order valence-electron chi connectivity index (χ4n) is 3.21. The molecule has 0 aliphatic carbocycles. The van der Waals surface area contributed by atoms with Crippen molar-refractivity contribution in [3.05, 3.63) is 64.7 Å². The Hall–Kier alpha value is -3.28. The number of aromatic hydroxyl groups is 2. The number of hydrogen-bond donors (Lipinski definition) is 4. The van der Waals surface area contributed by atoms with Crippen molar-refractivity contribution in [3.63, 3.8) is 0 Å². The van der Waals surface area contributed by atoms with E-state index in [1.54, 1.807) is 6.08 Å². The lowest BCUT2D eigenvalue weighted by Crippen LogP contribution is -2.32. The summed E-state index contributed by atoms with van der Waals surface area (Å²) in [6, 6.07) is 8.06. The maximum atomic E-state index is 12.4. The highest BCUT2D eigenvalue weighted by atomic mass is 16.4. The van der Waals surface area contributed by atoms with E-state index in [1.807, 2.05) is 53.7 Å². The van der Waals surface area contributed by atoms with Crippen LogP contribution in [0.4, 0.5) is 0 Å². The lowest BCUT2D eigenvalue weighted by molar-refractivity contribution is -0.141. The summed E-state index contributed by atoms with van der Waals surface area (Å²) < 4.78 is 0. The van der Waals surface area contributed by atoms with Gasteiger partial charge in [0.05, 0.1) is 0 Å². The number of amides is 1. The standard InChI is InChI=1S/C25H31NO5/c1-24(2,3)18-13-15(14-19(22(18)29)25(4,5)6)7-12-20(28)26-21(23(30)31)16-8-10-17(27)11-9-16/h7-14,21,27,29H,1-6H3,(H,26,28)(H,30,31)/b12-7+. The number of carbonyl (C=O) groups excluding carboxylic acids is 1. The minimum atomic E-state index is -1.24. The van der Waals surface area contributed by atoms with Crippen LogP contribution in [0.25, 0.3) is 6.08 Å². The Morgan fingerprint density at radius 1 is 0.903 bits per heavy atom. The van der Waals surface area contributed by atoms with Crippen molar-refractivity contribution in [1.82, 2.24) is 5.32 Å². The molecule has 166 valence electrons. The minimum Gasteiger partial charge on any atom is -0.508 e. The van der Waals surface area contributed by atoms with E-state index in [9.17, 15) is 24.9 Å². The van der Waals surface area contributed by atoms with Gasteiger partial charge < -0.3 is 20.6 Å². The van der Waals surface area contributed by atoms with Crippen LogP contribution in [-0.4, -0.2) is 27.2 Å². The molecule has 0 saturated heterocycles. The Labute approximate surface area is 183 Å². The molecule has 1 atom stereocenters. The van der Waals surface area contributed by atoms with Crippen LogP contribution in [-0.2, 0) is 20.4 Å². The van der Waals surface area contributed by atoms with E-state index in [1.165, 1.54) is 30.3 Å². The van der Waals surface area contributed by atoms with Gasteiger partial charge in [-0.15, -0.1) is 0 Å². The van der Waals surface area contributed by atoms with Gasteiger partial charge in [-0.1, -0.05) is 53.7 Å². The van der Waals surface area contributed by atoms with Gasteiger partial charge in [0.1, 0.15) is 11.5 Å². The number of carbonyl (C=O) groups is 2. The van der Waals surface area contributed by atoms with E-state index in [0.717, 1.165) is 16.7 Å². The Morgan fingerprint density at radius 2 is 1.39 bits per heavy atom. The Morgan fingerprint density at radius 3 is 1.81 bits per heavy atom. The zero-order valence-electron chi connectivity index (χ0n) is 18.9. The van der Waals surface area contributed by atoms with Gasteiger partial charge in [0.25, 0.3) is 0 Å². The number of nitrogens with one attached hydrogen (secondary N) is 1. The molecular weight excluding hydrogens is 394 g/mol. The smallest absolute Gasteiger partial charge is 0.330 e. The SMILES string of the molecule is CC(C)(C)c1cc(/C=C/C(=O)NC(C(=O)O)c2ccc(O)cc2)cc(C(C)(C)C)c1O. The second-order valence-corrected chi connectivity index (χ2v) is 9.67. The molecule has 6 heteroatoms. The van der Waals surface area contributed by atoms with Gasteiger partial charge in [0.2, 0.25) is 5.91 Å². The second kappa shape index (κ2) is 8.84. The van der Waals surface area contributed by atoms with Gasteiger partial charge in [-0.2, -0.15) is 0 Å². The summed E-state index contributed by atoms with van der Waals surface area (Å²) in [5.41, 5.74) is 2.02. The first-order chi connectivity index (χ1) is 14.2. The number of benzene rings is 2. The van der Waals surface area contributed by atoms with E-state index in [-0.39, 0.29) is 22.3 Å². The van der Waals surface area contributed by atoms with Crippen LogP contribution in [0.15, 0.2) is 42.5 Å².